The molecule has 25 heavy (non-hydrogen) atoms. The molecule has 2 aromatic rings. The molecule has 0 spiro atoms. The number of hydrogen-bond acceptors (Lipinski definition) is 3. The summed E-state index contributed by atoms with van der Waals surface area (Å²) in [5.74, 6) is 0.665. The number of nitrogens with one attached hydrogen (secondary N) is 2. The molecular weight excluding hydrogens is 310 g/mol. The molecule has 0 bridgehead atoms. The molecule has 0 saturated carbocycles. The molecule has 0 radical (unpaired) electrons. The fourth-order valence-electron chi connectivity index (χ4n) is 2.81. The van der Waals surface area contributed by atoms with Crippen molar-refractivity contribution in [2.45, 2.75) is 59.4 Å². The van der Waals surface area contributed by atoms with E-state index in [0.29, 0.717) is 17.5 Å². The zero-order chi connectivity index (χ0) is 18.6. The van der Waals surface area contributed by atoms with E-state index < -0.39 is 0 Å². The van der Waals surface area contributed by atoms with E-state index in [1.807, 2.05) is 19.9 Å². The molecule has 2 rings (SSSR count). The van der Waals surface area contributed by atoms with E-state index in [-0.39, 0.29) is 11.9 Å². The lowest BCUT2D eigenvalue weighted by Gasteiger charge is -2.21. The quantitative estimate of drug-likeness (QED) is 0.759. The van der Waals surface area contributed by atoms with Gasteiger partial charge in [0.2, 0.25) is 0 Å². The number of nitrogens with zero attached hydrogens (tertiary/aromatic N) is 1. The Morgan fingerprint density at radius 3 is 2.08 bits per heavy atom. The van der Waals surface area contributed by atoms with Crippen LogP contribution in [0.3, 0.4) is 0 Å². The molecule has 0 fully saturated rings. The lowest BCUT2D eigenvalue weighted by atomic mass is 9.92. The minimum Gasteiger partial charge on any atom is -0.355 e. The van der Waals surface area contributed by atoms with Gasteiger partial charge in [0.25, 0.3) is 5.91 Å². The minimum absolute atomic E-state index is 0.0834. The van der Waals surface area contributed by atoms with Gasteiger partial charge in [-0.1, -0.05) is 45.9 Å². The second-order valence-electron chi connectivity index (χ2n) is 7.30. The fourth-order valence-corrected chi connectivity index (χ4v) is 2.81. The first-order valence-electron chi connectivity index (χ1n) is 8.96. The van der Waals surface area contributed by atoms with Crippen LogP contribution in [-0.4, -0.2) is 16.9 Å². The molecule has 1 amide bonds. The molecular formula is C21H29N3O. The Bertz CT molecular complexity index is 709. The van der Waals surface area contributed by atoms with Crippen LogP contribution in [0.15, 0.2) is 36.5 Å². The lowest BCUT2D eigenvalue weighted by Crippen LogP contribution is -2.30. The zero-order valence-corrected chi connectivity index (χ0v) is 16.1. The summed E-state index contributed by atoms with van der Waals surface area (Å²) in [7, 11) is 0. The zero-order valence-electron chi connectivity index (χ0n) is 16.1. The Kier molecular flexibility index (Phi) is 6.18. The van der Waals surface area contributed by atoms with Gasteiger partial charge in [0.15, 0.2) is 0 Å². The van der Waals surface area contributed by atoms with Gasteiger partial charge >= 0.3 is 0 Å². The van der Waals surface area contributed by atoms with E-state index in [0.717, 1.165) is 11.4 Å². The third-order valence-corrected chi connectivity index (χ3v) is 4.05. The van der Waals surface area contributed by atoms with Crippen LogP contribution in [-0.2, 0) is 0 Å². The highest BCUT2D eigenvalue weighted by molar-refractivity contribution is 5.93. The molecule has 4 nitrogen and oxygen atoms in total. The van der Waals surface area contributed by atoms with Gasteiger partial charge in [0.1, 0.15) is 5.69 Å². The Morgan fingerprint density at radius 1 is 0.960 bits per heavy atom. The van der Waals surface area contributed by atoms with Crippen LogP contribution in [0, 0.1) is 0 Å². The molecule has 0 saturated heterocycles. The normalized spacial score (nSPS) is 11.2. The van der Waals surface area contributed by atoms with Crippen molar-refractivity contribution in [3.63, 3.8) is 0 Å². The number of hydrogen-bond donors (Lipinski definition) is 2. The number of aromatic nitrogens is 1. The van der Waals surface area contributed by atoms with Crippen LogP contribution < -0.4 is 10.6 Å². The molecule has 134 valence electrons. The van der Waals surface area contributed by atoms with Crippen molar-refractivity contribution in [2.24, 2.45) is 0 Å². The average Bonchev–Trinajstić information content (AvgIpc) is 2.54. The Labute approximate surface area is 151 Å². The first-order chi connectivity index (χ1) is 11.8. The van der Waals surface area contributed by atoms with Crippen molar-refractivity contribution in [1.29, 1.82) is 0 Å². The minimum atomic E-state index is -0.153. The third kappa shape index (κ3) is 4.81. The standard InChI is InChI=1S/C21H29N3O/c1-13(2)17-8-7-9-18(14(3)4)20(17)24-16-10-11-22-19(12-16)21(25)23-15(5)6/h7-15H,1-6H3,(H,22,24)(H,23,25). The summed E-state index contributed by atoms with van der Waals surface area (Å²) in [6.45, 7) is 12.6. The fraction of sp³-hybridized carbons (Fsp3) is 0.429. The summed E-state index contributed by atoms with van der Waals surface area (Å²) in [5.41, 5.74) is 4.98. The number of benzene rings is 1. The molecule has 0 aliphatic carbocycles. The molecule has 0 aliphatic heterocycles. The monoisotopic (exact) mass is 339 g/mol. The maximum absolute atomic E-state index is 12.2. The maximum atomic E-state index is 12.2. The molecule has 0 aliphatic rings. The number of anilines is 2. The van der Waals surface area contributed by atoms with Crippen LogP contribution in [0.1, 0.15) is 75.0 Å². The van der Waals surface area contributed by atoms with Gasteiger partial charge in [-0.15, -0.1) is 0 Å². The molecule has 0 atom stereocenters. The Morgan fingerprint density at radius 2 is 1.56 bits per heavy atom. The van der Waals surface area contributed by atoms with Crippen molar-refractivity contribution in [3.05, 3.63) is 53.3 Å². The molecule has 4 heteroatoms. The lowest BCUT2D eigenvalue weighted by molar-refractivity contribution is 0.0938. The van der Waals surface area contributed by atoms with Crippen LogP contribution >= 0.6 is 0 Å². The van der Waals surface area contributed by atoms with E-state index in [1.165, 1.54) is 11.1 Å². The second-order valence-corrected chi connectivity index (χ2v) is 7.30. The van der Waals surface area contributed by atoms with E-state index in [9.17, 15) is 4.79 Å². The van der Waals surface area contributed by atoms with Crippen LogP contribution in [0.2, 0.25) is 0 Å². The summed E-state index contributed by atoms with van der Waals surface area (Å²) in [5, 5.41) is 6.41. The van der Waals surface area contributed by atoms with Gasteiger partial charge in [-0.25, -0.2) is 0 Å². The van der Waals surface area contributed by atoms with Crippen molar-refractivity contribution >= 4 is 17.3 Å². The van der Waals surface area contributed by atoms with Gasteiger partial charge in [0.05, 0.1) is 0 Å². The first-order valence-corrected chi connectivity index (χ1v) is 8.96. The van der Waals surface area contributed by atoms with Gasteiger partial charge in [-0.05, 0) is 48.9 Å². The number of amides is 1. The van der Waals surface area contributed by atoms with Gasteiger partial charge in [0, 0.05) is 23.6 Å². The molecule has 1 aromatic carbocycles. The van der Waals surface area contributed by atoms with Crippen molar-refractivity contribution in [3.8, 4) is 0 Å². The molecule has 1 aromatic heterocycles. The summed E-state index contributed by atoms with van der Waals surface area (Å²) in [6, 6.07) is 10.2. The topological polar surface area (TPSA) is 54.0 Å². The van der Waals surface area contributed by atoms with Crippen LogP contribution in [0.25, 0.3) is 0 Å². The van der Waals surface area contributed by atoms with Crippen LogP contribution in [0.4, 0.5) is 11.4 Å². The predicted octanol–water partition coefficient (Wildman–Crippen LogP) is 5.21. The second kappa shape index (κ2) is 8.15. The Hall–Kier alpha value is -2.36. The van der Waals surface area contributed by atoms with E-state index in [4.69, 9.17) is 0 Å². The molecule has 0 unspecified atom stereocenters. The van der Waals surface area contributed by atoms with Gasteiger partial charge < -0.3 is 10.6 Å². The highest BCUT2D eigenvalue weighted by Crippen LogP contribution is 2.34. The van der Waals surface area contributed by atoms with Crippen molar-refractivity contribution < 1.29 is 4.79 Å². The summed E-state index contributed by atoms with van der Waals surface area (Å²) in [6.07, 6.45) is 1.67. The largest absolute Gasteiger partial charge is 0.355 e. The van der Waals surface area contributed by atoms with E-state index in [2.05, 4.69) is 61.5 Å². The number of pyridine rings is 1. The Balaban J connectivity index is 2.38. The molecule has 1 heterocycles. The predicted molar refractivity (Wildman–Crippen MR) is 105 cm³/mol. The van der Waals surface area contributed by atoms with E-state index in [1.54, 1.807) is 12.3 Å². The average molecular weight is 339 g/mol. The number of para-hydroxylation sites is 1. The smallest absolute Gasteiger partial charge is 0.270 e. The number of rotatable bonds is 6. The highest BCUT2D eigenvalue weighted by atomic mass is 16.1. The SMILES string of the molecule is CC(C)NC(=O)c1cc(Nc2c(C(C)C)cccc2C(C)C)ccn1. The third-order valence-electron chi connectivity index (χ3n) is 4.05. The van der Waals surface area contributed by atoms with Gasteiger partial charge in [-0.2, -0.15) is 0 Å². The summed E-state index contributed by atoms with van der Waals surface area (Å²) < 4.78 is 0. The maximum Gasteiger partial charge on any atom is 0.270 e. The summed E-state index contributed by atoms with van der Waals surface area (Å²) >= 11 is 0. The number of carbonyl (C=O) groups excluding carboxylic acids is 1. The first kappa shape index (κ1) is 19.0. The summed E-state index contributed by atoms with van der Waals surface area (Å²) in [4.78, 5) is 16.4. The van der Waals surface area contributed by atoms with Crippen molar-refractivity contribution in [2.75, 3.05) is 5.32 Å². The van der Waals surface area contributed by atoms with Crippen molar-refractivity contribution in [1.82, 2.24) is 10.3 Å². The van der Waals surface area contributed by atoms with Gasteiger partial charge in [-0.3, -0.25) is 9.78 Å². The molecule has 2 N–H and O–H groups in total. The van der Waals surface area contributed by atoms with E-state index >= 15 is 0 Å². The number of carbonyl (C=O) groups is 1. The van der Waals surface area contributed by atoms with Crippen LogP contribution in [0.5, 0.6) is 0 Å². The highest BCUT2D eigenvalue weighted by Gasteiger charge is 2.15.